The van der Waals surface area contributed by atoms with Crippen molar-refractivity contribution in [3.8, 4) is 0 Å². The van der Waals surface area contributed by atoms with Crippen molar-refractivity contribution in [1.82, 2.24) is 9.80 Å². The lowest BCUT2D eigenvalue weighted by atomic mass is 9.76. The molecule has 0 N–H and O–H groups in total. The first-order chi connectivity index (χ1) is 10.6. The maximum absolute atomic E-state index is 12.7. The molecule has 0 aliphatic carbocycles. The fourth-order valence-electron chi connectivity index (χ4n) is 5.21. The Balaban J connectivity index is 1.71. The number of likely N-dealkylation sites (tertiary alicyclic amines) is 1. The Morgan fingerprint density at radius 1 is 1.05 bits per heavy atom. The van der Waals surface area contributed by atoms with Crippen molar-refractivity contribution >= 4 is 17.6 Å². The number of ketones is 1. The van der Waals surface area contributed by atoms with Gasteiger partial charge in [0.05, 0.1) is 17.9 Å². The summed E-state index contributed by atoms with van der Waals surface area (Å²) in [5.74, 6) is -0.910. The van der Waals surface area contributed by atoms with Crippen molar-refractivity contribution in [1.29, 1.82) is 0 Å². The predicted molar refractivity (Wildman–Crippen MR) is 76.7 cm³/mol. The highest BCUT2D eigenvalue weighted by molar-refractivity contribution is 6.09. The second-order valence-electron chi connectivity index (χ2n) is 6.87. The average Bonchev–Trinajstić information content (AvgIpc) is 2.89. The van der Waals surface area contributed by atoms with Gasteiger partial charge in [-0.2, -0.15) is 0 Å². The van der Waals surface area contributed by atoms with Crippen molar-refractivity contribution in [3.63, 3.8) is 0 Å². The van der Waals surface area contributed by atoms with Gasteiger partial charge in [0.15, 0.2) is 5.78 Å². The van der Waals surface area contributed by atoms with E-state index in [2.05, 4.69) is 17.0 Å². The van der Waals surface area contributed by atoms with E-state index in [1.807, 2.05) is 12.1 Å². The van der Waals surface area contributed by atoms with Crippen molar-refractivity contribution in [2.24, 2.45) is 11.8 Å². The number of fused-ring (bicyclic) bond motifs is 4. The lowest BCUT2D eigenvalue weighted by Gasteiger charge is -2.45. The van der Waals surface area contributed by atoms with Gasteiger partial charge in [-0.1, -0.05) is 24.3 Å². The molecule has 1 aromatic rings. The Bertz CT molecular complexity index is 743. The second-order valence-corrected chi connectivity index (χ2v) is 6.87. The molecule has 4 heterocycles. The number of piperidine rings is 1. The summed E-state index contributed by atoms with van der Waals surface area (Å²) >= 11 is 0. The lowest BCUT2D eigenvalue weighted by Crippen LogP contribution is -2.55. The molecule has 0 saturated carbocycles. The fraction of sp³-hybridized carbons (Fsp3) is 0.471. The molecule has 2 amide bonds. The molecule has 5 heteroatoms. The molecule has 2 unspecified atom stereocenters. The van der Waals surface area contributed by atoms with E-state index in [9.17, 15) is 14.4 Å². The molecule has 22 heavy (non-hydrogen) atoms. The molecule has 3 saturated heterocycles. The van der Waals surface area contributed by atoms with Gasteiger partial charge in [0.25, 0.3) is 0 Å². The van der Waals surface area contributed by atoms with Crippen molar-refractivity contribution in [3.05, 3.63) is 35.4 Å². The number of hydrogen-bond acceptors (Lipinski definition) is 4. The van der Waals surface area contributed by atoms with Crippen LogP contribution >= 0.6 is 0 Å². The van der Waals surface area contributed by atoms with Gasteiger partial charge in [-0.05, 0) is 11.1 Å². The number of carbonyl (C=O) groups is 3. The minimum atomic E-state index is -0.464. The fourth-order valence-corrected chi connectivity index (χ4v) is 5.21. The summed E-state index contributed by atoms with van der Waals surface area (Å²) in [6.45, 7) is 0.672. The van der Waals surface area contributed by atoms with Crippen LogP contribution in [0, 0.1) is 11.8 Å². The van der Waals surface area contributed by atoms with Crippen LogP contribution in [0.15, 0.2) is 24.3 Å². The summed E-state index contributed by atoms with van der Waals surface area (Å²) < 4.78 is 0. The summed E-state index contributed by atoms with van der Waals surface area (Å²) in [5, 5.41) is 0. The Kier molecular flexibility index (Phi) is 2.19. The van der Waals surface area contributed by atoms with Crippen LogP contribution in [0.2, 0.25) is 0 Å². The maximum atomic E-state index is 12.7. The van der Waals surface area contributed by atoms with Crippen LogP contribution in [0.3, 0.4) is 0 Å². The minimum Gasteiger partial charge on any atom is -0.298 e. The first-order valence-corrected chi connectivity index (χ1v) is 7.77. The molecular formula is C17H16N2O3. The largest absolute Gasteiger partial charge is 0.298 e. The van der Waals surface area contributed by atoms with Gasteiger partial charge in [-0.15, -0.1) is 0 Å². The van der Waals surface area contributed by atoms with Crippen molar-refractivity contribution < 1.29 is 14.4 Å². The van der Waals surface area contributed by atoms with E-state index in [1.165, 1.54) is 16.0 Å². The van der Waals surface area contributed by atoms with Crippen LogP contribution in [0.4, 0.5) is 0 Å². The quantitative estimate of drug-likeness (QED) is 0.656. The molecule has 0 spiro atoms. The van der Waals surface area contributed by atoms with Gasteiger partial charge in [0.1, 0.15) is 0 Å². The predicted octanol–water partition coefficient (Wildman–Crippen LogP) is 0.540. The van der Waals surface area contributed by atoms with Crippen LogP contribution in [0.25, 0.3) is 0 Å². The number of benzene rings is 1. The monoisotopic (exact) mass is 296 g/mol. The Labute approximate surface area is 127 Å². The molecule has 4 bridgehead atoms. The van der Waals surface area contributed by atoms with Gasteiger partial charge in [0, 0.05) is 32.0 Å². The highest BCUT2D eigenvalue weighted by atomic mass is 16.2. The summed E-state index contributed by atoms with van der Waals surface area (Å²) in [7, 11) is 1.54. The third-order valence-electron chi connectivity index (χ3n) is 6.04. The van der Waals surface area contributed by atoms with Crippen LogP contribution < -0.4 is 0 Å². The molecule has 112 valence electrons. The van der Waals surface area contributed by atoms with E-state index in [0.717, 1.165) is 0 Å². The van der Waals surface area contributed by atoms with Crippen molar-refractivity contribution in [2.45, 2.75) is 31.0 Å². The standard InChI is InChI=1S/C17H16N2O3/c1-18-16(21)12-13(17(18)22)15-11(20)6-10-9-5-3-2-4-8(9)7-19(15)14(10)12/h2-5,10,12-15H,6-7H2,1H3/t10?,12-,13+,14-,15-/m1/s1. The van der Waals surface area contributed by atoms with Gasteiger partial charge in [0.2, 0.25) is 11.8 Å². The van der Waals surface area contributed by atoms with E-state index < -0.39 is 12.0 Å². The zero-order valence-corrected chi connectivity index (χ0v) is 12.2. The molecule has 5 nitrogen and oxygen atoms in total. The van der Waals surface area contributed by atoms with E-state index in [4.69, 9.17) is 0 Å². The maximum Gasteiger partial charge on any atom is 0.234 e. The molecule has 0 radical (unpaired) electrons. The van der Waals surface area contributed by atoms with Gasteiger partial charge in [-0.3, -0.25) is 24.2 Å². The van der Waals surface area contributed by atoms with Crippen LogP contribution in [0.1, 0.15) is 23.5 Å². The number of carbonyl (C=O) groups excluding carboxylic acids is 3. The summed E-state index contributed by atoms with van der Waals surface area (Å²) in [4.78, 5) is 41.1. The smallest absolute Gasteiger partial charge is 0.234 e. The zero-order chi connectivity index (χ0) is 15.2. The Hall–Kier alpha value is -2.01. The first-order valence-electron chi connectivity index (χ1n) is 7.77. The molecular weight excluding hydrogens is 280 g/mol. The number of amides is 2. The third-order valence-corrected chi connectivity index (χ3v) is 6.04. The van der Waals surface area contributed by atoms with Crippen LogP contribution in [-0.4, -0.2) is 46.5 Å². The zero-order valence-electron chi connectivity index (χ0n) is 12.2. The minimum absolute atomic E-state index is 0.00370. The molecule has 4 aliphatic rings. The van der Waals surface area contributed by atoms with E-state index in [-0.39, 0.29) is 35.5 Å². The number of imide groups is 1. The SMILES string of the molecule is CN1C(=O)[C@@H]2[C@H](C1=O)[C@H]1C(=O)CC3c4ccccc4CN1[C@H]32. The highest BCUT2D eigenvalue weighted by Gasteiger charge is 2.67. The summed E-state index contributed by atoms with van der Waals surface area (Å²) in [6, 6.07) is 7.77. The first kappa shape index (κ1) is 12.5. The van der Waals surface area contributed by atoms with E-state index >= 15 is 0 Å². The van der Waals surface area contributed by atoms with Crippen molar-refractivity contribution in [2.75, 3.05) is 7.05 Å². The van der Waals surface area contributed by atoms with Crippen LogP contribution in [0.5, 0.6) is 0 Å². The van der Waals surface area contributed by atoms with Crippen LogP contribution in [-0.2, 0) is 20.9 Å². The lowest BCUT2D eigenvalue weighted by molar-refractivity contribution is -0.144. The average molecular weight is 296 g/mol. The highest BCUT2D eigenvalue weighted by Crippen LogP contribution is 2.55. The Morgan fingerprint density at radius 2 is 1.77 bits per heavy atom. The molecule has 3 fully saturated rings. The third kappa shape index (κ3) is 1.23. The molecule has 1 aromatic carbocycles. The number of Topliss-reactive ketones (excluding diaryl/α,β-unsaturated/α-hetero) is 1. The van der Waals surface area contributed by atoms with Gasteiger partial charge in [-0.25, -0.2) is 0 Å². The summed E-state index contributed by atoms with van der Waals surface area (Å²) in [6.07, 6.45) is 0.458. The molecule has 0 aromatic heterocycles. The topological polar surface area (TPSA) is 57.7 Å². The number of nitrogens with zero attached hydrogens (tertiary/aromatic N) is 2. The summed E-state index contributed by atoms with van der Waals surface area (Å²) in [5.41, 5.74) is 2.42. The normalized spacial score (nSPS) is 41.7. The molecule has 5 rings (SSSR count). The second kappa shape index (κ2) is 3.84. The van der Waals surface area contributed by atoms with Gasteiger partial charge >= 0.3 is 0 Å². The molecule has 4 aliphatic heterocycles. The molecule has 6 atom stereocenters. The van der Waals surface area contributed by atoms with Gasteiger partial charge < -0.3 is 0 Å². The number of hydrogen-bond donors (Lipinski definition) is 0. The Morgan fingerprint density at radius 3 is 2.59 bits per heavy atom. The van der Waals surface area contributed by atoms with E-state index in [1.54, 1.807) is 7.05 Å². The number of rotatable bonds is 0. The van der Waals surface area contributed by atoms with E-state index in [0.29, 0.717) is 13.0 Å².